The average molecular weight is 587 g/mol. The quantitative estimate of drug-likeness (QED) is 0.241. The molecule has 1 aromatic heterocycles. The number of halogens is 4. The van der Waals surface area contributed by atoms with E-state index in [9.17, 15) is 31.9 Å². The van der Waals surface area contributed by atoms with Gasteiger partial charge in [-0.05, 0) is 18.2 Å². The van der Waals surface area contributed by atoms with Crippen LogP contribution in [0.4, 0.5) is 33.7 Å². The number of urea groups is 1. The standard InChI is InChI=1S/C25H22F4N2O8S/c1-35-17-6-5-13(25(27,28)29)7-12(17)10-39-19-9-15(14(26)8-18(19)36-2)30-24(34)31-16-11-40-21(23(33)38-4)20(16)22(32)37-3/h5-9,11H,10H2,1-4H3,(H2,30,31,34). The van der Waals surface area contributed by atoms with Gasteiger partial charge in [0.15, 0.2) is 17.3 Å². The van der Waals surface area contributed by atoms with Gasteiger partial charge in [-0.2, -0.15) is 13.2 Å². The first-order valence-electron chi connectivity index (χ1n) is 11.0. The Bertz CT molecular complexity index is 1420. The van der Waals surface area contributed by atoms with E-state index >= 15 is 0 Å². The van der Waals surface area contributed by atoms with E-state index in [0.29, 0.717) is 0 Å². The molecule has 0 unspecified atom stereocenters. The summed E-state index contributed by atoms with van der Waals surface area (Å²) in [5.41, 5.74) is -1.63. The van der Waals surface area contributed by atoms with E-state index in [2.05, 4.69) is 20.1 Å². The van der Waals surface area contributed by atoms with Crippen molar-refractivity contribution < 1.29 is 55.6 Å². The van der Waals surface area contributed by atoms with Gasteiger partial charge >= 0.3 is 24.1 Å². The Hall–Kier alpha value is -4.53. The number of anilines is 2. The molecule has 15 heteroatoms. The lowest BCUT2D eigenvalue weighted by molar-refractivity contribution is -0.137. The fraction of sp³-hybridized carbons (Fsp3) is 0.240. The predicted molar refractivity (Wildman–Crippen MR) is 135 cm³/mol. The molecule has 3 aromatic rings. The zero-order valence-electron chi connectivity index (χ0n) is 21.4. The Morgan fingerprint density at radius 1 is 0.850 bits per heavy atom. The van der Waals surface area contributed by atoms with Gasteiger partial charge in [-0.1, -0.05) is 0 Å². The van der Waals surface area contributed by atoms with Crippen LogP contribution in [-0.2, 0) is 22.3 Å². The van der Waals surface area contributed by atoms with Crippen LogP contribution in [0.1, 0.15) is 31.2 Å². The highest BCUT2D eigenvalue weighted by Gasteiger charge is 2.31. The number of hydrogen-bond donors (Lipinski definition) is 2. The van der Waals surface area contributed by atoms with Gasteiger partial charge in [-0.25, -0.2) is 18.8 Å². The highest BCUT2D eigenvalue weighted by Crippen LogP contribution is 2.36. The lowest BCUT2D eigenvalue weighted by atomic mass is 10.1. The molecule has 2 aromatic carbocycles. The van der Waals surface area contributed by atoms with Crippen molar-refractivity contribution in [2.45, 2.75) is 12.8 Å². The second kappa shape index (κ2) is 12.5. The number of amides is 2. The van der Waals surface area contributed by atoms with Gasteiger partial charge in [0.05, 0.1) is 45.4 Å². The molecule has 2 amide bonds. The smallest absolute Gasteiger partial charge is 0.416 e. The van der Waals surface area contributed by atoms with Gasteiger partial charge in [0.25, 0.3) is 0 Å². The second-order valence-electron chi connectivity index (χ2n) is 7.71. The molecule has 1 heterocycles. The molecule has 2 N–H and O–H groups in total. The molecule has 0 radical (unpaired) electrons. The molecule has 0 atom stereocenters. The molecular weight excluding hydrogens is 564 g/mol. The summed E-state index contributed by atoms with van der Waals surface area (Å²) < 4.78 is 79.4. The van der Waals surface area contributed by atoms with Crippen molar-refractivity contribution in [3.05, 3.63) is 63.1 Å². The SMILES string of the molecule is COC(=O)c1scc(NC(=O)Nc2cc(OCc3cc(C(F)(F)F)ccc3OC)c(OC)cc2F)c1C(=O)OC. The van der Waals surface area contributed by atoms with Crippen LogP contribution in [-0.4, -0.2) is 46.4 Å². The van der Waals surface area contributed by atoms with Crippen LogP contribution < -0.4 is 24.8 Å². The first kappa shape index (κ1) is 30.0. The summed E-state index contributed by atoms with van der Waals surface area (Å²) >= 11 is 0.812. The fourth-order valence-electron chi connectivity index (χ4n) is 3.40. The zero-order chi connectivity index (χ0) is 29.6. The van der Waals surface area contributed by atoms with E-state index in [0.717, 1.165) is 55.9 Å². The topological polar surface area (TPSA) is 121 Å². The molecular formula is C25H22F4N2O8S. The number of carbonyl (C=O) groups excluding carboxylic acids is 3. The van der Waals surface area contributed by atoms with Crippen molar-refractivity contribution in [1.29, 1.82) is 0 Å². The van der Waals surface area contributed by atoms with E-state index in [-0.39, 0.29) is 38.9 Å². The number of thiophene rings is 1. The minimum Gasteiger partial charge on any atom is -0.496 e. The number of methoxy groups -OCH3 is 4. The molecule has 0 spiro atoms. The highest BCUT2D eigenvalue weighted by atomic mass is 32.1. The molecule has 0 aliphatic heterocycles. The average Bonchev–Trinajstić information content (AvgIpc) is 3.34. The van der Waals surface area contributed by atoms with Crippen molar-refractivity contribution in [2.75, 3.05) is 39.1 Å². The first-order chi connectivity index (χ1) is 18.9. The molecule has 0 aliphatic carbocycles. The Balaban J connectivity index is 1.85. The summed E-state index contributed by atoms with van der Waals surface area (Å²) in [5.74, 6) is -2.80. The maximum atomic E-state index is 14.7. The third-order valence-electron chi connectivity index (χ3n) is 5.29. The Labute approximate surface area is 228 Å². The van der Waals surface area contributed by atoms with Crippen molar-refractivity contribution in [3.63, 3.8) is 0 Å². The lowest BCUT2D eigenvalue weighted by Gasteiger charge is -2.16. The maximum absolute atomic E-state index is 14.7. The van der Waals surface area contributed by atoms with Crippen LogP contribution in [0.3, 0.4) is 0 Å². The van der Waals surface area contributed by atoms with Gasteiger partial charge in [-0.15, -0.1) is 11.3 Å². The Morgan fingerprint density at radius 2 is 1.50 bits per heavy atom. The number of hydrogen-bond acceptors (Lipinski definition) is 9. The van der Waals surface area contributed by atoms with Gasteiger partial charge in [0.1, 0.15) is 22.8 Å². The third kappa shape index (κ3) is 6.72. The molecule has 0 bridgehead atoms. The summed E-state index contributed by atoms with van der Waals surface area (Å²) in [4.78, 5) is 36.7. The van der Waals surface area contributed by atoms with Crippen molar-refractivity contribution in [3.8, 4) is 17.2 Å². The highest BCUT2D eigenvalue weighted by molar-refractivity contribution is 7.13. The van der Waals surface area contributed by atoms with Crippen molar-refractivity contribution in [1.82, 2.24) is 0 Å². The summed E-state index contributed by atoms with van der Waals surface area (Å²) in [7, 11) is 4.68. The number of esters is 2. The molecule has 0 aliphatic rings. The largest absolute Gasteiger partial charge is 0.496 e. The van der Waals surface area contributed by atoms with Crippen molar-refractivity contribution in [2.24, 2.45) is 0 Å². The summed E-state index contributed by atoms with van der Waals surface area (Å²) in [6, 6.07) is 3.79. The Kier molecular flexibility index (Phi) is 9.42. The van der Waals surface area contributed by atoms with Gasteiger partial charge in [0.2, 0.25) is 0 Å². The minimum absolute atomic E-state index is 0.0464. The molecule has 10 nitrogen and oxygen atoms in total. The van der Waals surface area contributed by atoms with Gasteiger partial charge < -0.3 is 34.3 Å². The predicted octanol–water partition coefficient (Wildman–Crippen LogP) is 5.72. The molecule has 0 fully saturated rings. The first-order valence-corrected chi connectivity index (χ1v) is 11.9. The van der Waals surface area contributed by atoms with E-state index in [1.807, 2.05) is 0 Å². The van der Waals surface area contributed by atoms with E-state index in [1.54, 1.807) is 0 Å². The monoisotopic (exact) mass is 586 g/mol. The molecule has 3 rings (SSSR count). The fourth-order valence-corrected chi connectivity index (χ4v) is 4.30. The van der Waals surface area contributed by atoms with Gasteiger partial charge in [0, 0.05) is 23.1 Å². The number of benzene rings is 2. The molecule has 0 saturated heterocycles. The number of carbonyl (C=O) groups is 3. The summed E-state index contributed by atoms with van der Waals surface area (Å²) in [6.45, 7) is -0.422. The number of alkyl halides is 3. The molecule has 214 valence electrons. The number of ether oxygens (including phenoxy) is 5. The van der Waals surface area contributed by atoms with Crippen molar-refractivity contribution >= 4 is 40.7 Å². The summed E-state index contributed by atoms with van der Waals surface area (Å²) in [6.07, 6.45) is -4.60. The van der Waals surface area contributed by atoms with Crippen LogP contribution in [0.5, 0.6) is 17.2 Å². The van der Waals surface area contributed by atoms with Crippen LogP contribution >= 0.6 is 11.3 Å². The Morgan fingerprint density at radius 3 is 2.10 bits per heavy atom. The molecule has 0 saturated carbocycles. The minimum atomic E-state index is -4.60. The number of nitrogens with one attached hydrogen (secondary N) is 2. The van der Waals surface area contributed by atoms with Crippen LogP contribution in [0.25, 0.3) is 0 Å². The number of rotatable bonds is 9. The van der Waals surface area contributed by atoms with Gasteiger partial charge in [-0.3, -0.25) is 0 Å². The second-order valence-corrected chi connectivity index (χ2v) is 8.59. The third-order valence-corrected chi connectivity index (χ3v) is 6.25. The van der Waals surface area contributed by atoms with Crippen LogP contribution in [0, 0.1) is 5.82 Å². The normalized spacial score (nSPS) is 10.9. The van der Waals surface area contributed by atoms with Crippen LogP contribution in [0.2, 0.25) is 0 Å². The van der Waals surface area contributed by atoms with Crippen LogP contribution in [0.15, 0.2) is 35.7 Å². The van der Waals surface area contributed by atoms with E-state index < -0.39 is 47.8 Å². The van der Waals surface area contributed by atoms with E-state index in [1.165, 1.54) is 19.6 Å². The molecule has 40 heavy (non-hydrogen) atoms. The van der Waals surface area contributed by atoms with E-state index in [4.69, 9.17) is 14.2 Å². The summed E-state index contributed by atoms with van der Waals surface area (Å²) in [5, 5.41) is 5.86. The maximum Gasteiger partial charge on any atom is 0.416 e. The zero-order valence-corrected chi connectivity index (χ0v) is 22.2. The lowest BCUT2D eigenvalue weighted by Crippen LogP contribution is -2.22.